The van der Waals surface area contributed by atoms with Gasteiger partial charge < -0.3 is 9.90 Å². The zero-order valence-electron chi connectivity index (χ0n) is 9.39. The van der Waals surface area contributed by atoms with Crippen LogP contribution in [0.4, 0.5) is 48.3 Å². The van der Waals surface area contributed by atoms with Crippen LogP contribution in [0.1, 0.15) is 12.8 Å². The van der Waals surface area contributed by atoms with Crippen LogP contribution in [0.3, 0.4) is 0 Å². The van der Waals surface area contributed by atoms with Gasteiger partial charge in [0.1, 0.15) is 0 Å². The van der Waals surface area contributed by atoms with Crippen molar-refractivity contribution >= 4 is 5.97 Å². The zero-order chi connectivity index (χ0) is 17.5. The van der Waals surface area contributed by atoms with Crippen LogP contribution in [0.15, 0.2) is 0 Å². The van der Waals surface area contributed by atoms with Crippen molar-refractivity contribution in [1.82, 2.24) is 0 Å². The summed E-state index contributed by atoms with van der Waals surface area (Å²) in [7, 11) is 0. The number of alkyl halides is 11. The summed E-state index contributed by atoms with van der Waals surface area (Å²) in [6, 6.07) is 0. The Balaban J connectivity index is 5.71. The van der Waals surface area contributed by atoms with E-state index in [4.69, 9.17) is 0 Å². The van der Waals surface area contributed by atoms with E-state index >= 15 is 0 Å². The zero-order valence-corrected chi connectivity index (χ0v) is 9.39. The van der Waals surface area contributed by atoms with Crippen LogP contribution in [0.2, 0.25) is 0 Å². The monoisotopic (exact) mass is 341 g/mol. The van der Waals surface area contributed by atoms with Gasteiger partial charge >= 0.3 is 29.9 Å². The van der Waals surface area contributed by atoms with Gasteiger partial charge in [0.2, 0.25) is 0 Å². The summed E-state index contributed by atoms with van der Waals surface area (Å²) in [6.07, 6.45) is -11.8. The Hall–Kier alpha value is -1.30. The van der Waals surface area contributed by atoms with Gasteiger partial charge in [0.25, 0.3) is 0 Å². The van der Waals surface area contributed by atoms with Crippen LogP contribution in [-0.4, -0.2) is 35.8 Å². The van der Waals surface area contributed by atoms with Gasteiger partial charge in [-0.2, -0.15) is 48.3 Å². The minimum atomic E-state index is -7.51. The molecule has 0 spiro atoms. The fourth-order valence-electron chi connectivity index (χ4n) is 1.02. The lowest BCUT2D eigenvalue weighted by atomic mass is 9.95. The highest BCUT2D eigenvalue weighted by Gasteiger charge is 2.86. The summed E-state index contributed by atoms with van der Waals surface area (Å²) in [4.78, 5) is 9.77. The fraction of sp³-hybridized carbons (Fsp3) is 0.875. The van der Waals surface area contributed by atoms with E-state index in [0.717, 1.165) is 0 Å². The molecule has 0 radical (unpaired) electrons. The van der Waals surface area contributed by atoms with Crippen molar-refractivity contribution < 1.29 is 58.2 Å². The molecule has 0 amide bonds. The minimum absolute atomic E-state index is 1.96. The SMILES string of the molecule is O=C([O-])CCC(F)(F)C(F)(F)C(F)(F)C(F)(F)C(F)(F)F. The molecule has 0 saturated carbocycles. The average Bonchev–Trinajstić information content (AvgIpc) is 2.24. The molecule has 0 N–H and O–H groups in total. The summed E-state index contributed by atoms with van der Waals surface area (Å²) in [5.74, 6) is -30.7. The van der Waals surface area contributed by atoms with Gasteiger partial charge in [-0.1, -0.05) is 0 Å². The second kappa shape index (κ2) is 5.16. The van der Waals surface area contributed by atoms with E-state index in [1.807, 2.05) is 0 Å². The first-order valence-corrected chi connectivity index (χ1v) is 4.69. The molecule has 0 aliphatic carbocycles. The molecule has 0 unspecified atom stereocenters. The van der Waals surface area contributed by atoms with Gasteiger partial charge in [0.05, 0.1) is 0 Å². The highest BCUT2D eigenvalue weighted by Crippen LogP contribution is 2.58. The highest BCUT2D eigenvalue weighted by molar-refractivity contribution is 5.64. The van der Waals surface area contributed by atoms with Crippen LogP contribution >= 0.6 is 0 Å². The summed E-state index contributed by atoms with van der Waals surface area (Å²) in [5.41, 5.74) is 0. The second-order valence-electron chi connectivity index (χ2n) is 3.80. The van der Waals surface area contributed by atoms with E-state index in [2.05, 4.69) is 0 Å². The first-order chi connectivity index (χ1) is 8.92. The molecular formula is C8H4F11O2-. The normalized spacial score (nSPS) is 15.2. The molecule has 21 heavy (non-hydrogen) atoms. The third kappa shape index (κ3) is 3.15. The maximum atomic E-state index is 12.8. The average molecular weight is 341 g/mol. The van der Waals surface area contributed by atoms with E-state index in [1.165, 1.54) is 0 Å². The van der Waals surface area contributed by atoms with Crippen molar-refractivity contribution in [2.75, 3.05) is 0 Å². The van der Waals surface area contributed by atoms with Crippen LogP contribution in [0.5, 0.6) is 0 Å². The number of hydrogen-bond donors (Lipinski definition) is 0. The van der Waals surface area contributed by atoms with Gasteiger partial charge in [-0.25, -0.2) is 0 Å². The molecule has 0 heterocycles. The molecule has 0 saturated heterocycles. The number of carbonyl (C=O) groups is 1. The Bertz CT molecular complexity index is 398. The summed E-state index contributed by atoms with van der Waals surface area (Å²) < 4.78 is 136. The molecule has 0 fully saturated rings. The number of rotatable bonds is 6. The Kier molecular flexibility index (Phi) is 4.84. The molecule has 126 valence electrons. The Labute approximate surface area is 108 Å². The number of aliphatic carboxylic acids is 1. The predicted octanol–water partition coefficient (Wildman–Crippen LogP) is 2.62. The number of carboxylic acid groups (broad SMARTS) is 1. The molecule has 2 nitrogen and oxygen atoms in total. The molecule has 0 atom stereocenters. The highest BCUT2D eigenvalue weighted by atomic mass is 19.4. The topological polar surface area (TPSA) is 40.1 Å². The smallest absolute Gasteiger partial charge is 0.460 e. The van der Waals surface area contributed by atoms with E-state index < -0.39 is 48.7 Å². The number of carbonyl (C=O) groups excluding carboxylic acids is 1. The first-order valence-electron chi connectivity index (χ1n) is 4.69. The molecule has 0 rings (SSSR count). The lowest BCUT2D eigenvalue weighted by molar-refractivity contribution is -0.422. The van der Waals surface area contributed by atoms with Gasteiger partial charge in [0, 0.05) is 12.4 Å². The molecule has 0 aromatic carbocycles. The van der Waals surface area contributed by atoms with E-state index in [0.29, 0.717) is 0 Å². The third-order valence-electron chi connectivity index (χ3n) is 2.25. The van der Waals surface area contributed by atoms with Crippen molar-refractivity contribution in [3.63, 3.8) is 0 Å². The van der Waals surface area contributed by atoms with Gasteiger partial charge in [-0.3, -0.25) is 0 Å². The molecule has 13 heteroatoms. The van der Waals surface area contributed by atoms with Crippen LogP contribution in [0, 0.1) is 0 Å². The van der Waals surface area contributed by atoms with Crippen molar-refractivity contribution in [3.05, 3.63) is 0 Å². The minimum Gasteiger partial charge on any atom is -0.550 e. The van der Waals surface area contributed by atoms with Crippen molar-refractivity contribution in [1.29, 1.82) is 0 Å². The molecule has 0 aliphatic heterocycles. The summed E-state index contributed by atoms with van der Waals surface area (Å²) >= 11 is 0. The quantitative estimate of drug-likeness (QED) is 0.697. The van der Waals surface area contributed by atoms with Gasteiger partial charge in [-0.05, 0) is 6.42 Å². The lowest BCUT2D eigenvalue weighted by Gasteiger charge is -2.37. The largest absolute Gasteiger partial charge is 0.550 e. The first kappa shape index (κ1) is 19.7. The Morgan fingerprint density at radius 3 is 1.38 bits per heavy atom. The molecule has 0 bridgehead atoms. The van der Waals surface area contributed by atoms with Crippen LogP contribution in [-0.2, 0) is 4.79 Å². The van der Waals surface area contributed by atoms with Gasteiger partial charge in [-0.15, -0.1) is 0 Å². The molecule has 0 aliphatic rings. The van der Waals surface area contributed by atoms with Crippen molar-refractivity contribution in [2.45, 2.75) is 42.7 Å². The molecule has 0 aromatic rings. The van der Waals surface area contributed by atoms with Crippen LogP contribution in [0.25, 0.3) is 0 Å². The molecule has 0 aromatic heterocycles. The Morgan fingerprint density at radius 1 is 0.714 bits per heavy atom. The number of carboxylic acids is 1. The number of halogens is 11. The van der Waals surface area contributed by atoms with Crippen molar-refractivity contribution in [2.24, 2.45) is 0 Å². The maximum absolute atomic E-state index is 12.8. The maximum Gasteiger partial charge on any atom is 0.460 e. The second-order valence-corrected chi connectivity index (χ2v) is 3.80. The van der Waals surface area contributed by atoms with Crippen molar-refractivity contribution in [3.8, 4) is 0 Å². The predicted molar refractivity (Wildman–Crippen MR) is 40.1 cm³/mol. The van der Waals surface area contributed by atoms with Gasteiger partial charge in [0.15, 0.2) is 0 Å². The summed E-state index contributed by atoms with van der Waals surface area (Å²) in [5, 5.41) is 9.77. The standard InChI is InChI=1S/C8H5F11O2/c9-4(10,2-1-3(20)21)5(11,12)6(13,14)7(15,16)8(17,18)19/h1-2H2,(H,20,21)/p-1. The van der Waals surface area contributed by atoms with E-state index in [-0.39, 0.29) is 0 Å². The fourth-order valence-corrected chi connectivity index (χ4v) is 1.02. The molecular weight excluding hydrogens is 337 g/mol. The Morgan fingerprint density at radius 2 is 1.10 bits per heavy atom. The van der Waals surface area contributed by atoms with E-state index in [9.17, 15) is 58.2 Å². The van der Waals surface area contributed by atoms with E-state index in [1.54, 1.807) is 0 Å². The summed E-state index contributed by atoms with van der Waals surface area (Å²) in [6.45, 7) is 0. The number of hydrogen-bond acceptors (Lipinski definition) is 2. The lowest BCUT2D eigenvalue weighted by Crippen LogP contribution is -2.66. The van der Waals surface area contributed by atoms with Crippen LogP contribution < -0.4 is 5.11 Å². The third-order valence-corrected chi connectivity index (χ3v) is 2.25.